The van der Waals surface area contributed by atoms with Gasteiger partial charge in [-0.05, 0) is 42.9 Å². The van der Waals surface area contributed by atoms with E-state index in [0.717, 1.165) is 39.2 Å². The summed E-state index contributed by atoms with van der Waals surface area (Å²) in [6.07, 6.45) is 3.51. The van der Waals surface area contributed by atoms with Crippen LogP contribution in [0.5, 0.6) is 0 Å². The normalized spacial score (nSPS) is 27.2. The lowest BCUT2D eigenvalue weighted by molar-refractivity contribution is 0.0239. The molecule has 0 bridgehead atoms. The van der Waals surface area contributed by atoms with Gasteiger partial charge in [0.15, 0.2) is 0 Å². The van der Waals surface area contributed by atoms with Crippen molar-refractivity contribution in [2.75, 3.05) is 26.4 Å². The number of hydrogen-bond acceptors (Lipinski definition) is 3. The van der Waals surface area contributed by atoms with E-state index in [0.29, 0.717) is 12.0 Å². The Hall–Kier alpha value is -0.900. The molecule has 0 amide bonds. The van der Waals surface area contributed by atoms with Crippen molar-refractivity contribution in [3.8, 4) is 0 Å². The molecule has 1 aromatic rings. The molecule has 3 rings (SSSR count). The molecule has 1 saturated heterocycles. The largest absolute Gasteiger partial charge is 0.381 e. The molecule has 1 N–H and O–H groups in total. The summed E-state index contributed by atoms with van der Waals surface area (Å²) in [5.41, 5.74) is 2.85. The molecule has 2 aliphatic heterocycles. The van der Waals surface area contributed by atoms with Crippen LogP contribution in [0.2, 0.25) is 0 Å². The van der Waals surface area contributed by atoms with E-state index in [-0.39, 0.29) is 6.10 Å². The van der Waals surface area contributed by atoms with Crippen LogP contribution in [0.15, 0.2) is 24.3 Å². The van der Waals surface area contributed by atoms with E-state index in [9.17, 15) is 0 Å². The number of ether oxygens (including phenoxy) is 2. The van der Waals surface area contributed by atoms with Gasteiger partial charge >= 0.3 is 0 Å². The minimum absolute atomic E-state index is 0.240. The van der Waals surface area contributed by atoms with Crippen molar-refractivity contribution in [2.24, 2.45) is 5.92 Å². The molecule has 2 aliphatic rings. The van der Waals surface area contributed by atoms with Gasteiger partial charge in [-0.2, -0.15) is 0 Å². The smallest absolute Gasteiger partial charge is 0.0842 e. The minimum Gasteiger partial charge on any atom is -0.381 e. The average Bonchev–Trinajstić information content (AvgIpc) is 3.01. The topological polar surface area (TPSA) is 30.5 Å². The van der Waals surface area contributed by atoms with Gasteiger partial charge in [0.2, 0.25) is 0 Å². The van der Waals surface area contributed by atoms with E-state index in [1.807, 2.05) is 0 Å². The summed E-state index contributed by atoms with van der Waals surface area (Å²) in [6.45, 7) is 5.84. The van der Waals surface area contributed by atoms with Crippen molar-refractivity contribution in [1.82, 2.24) is 5.32 Å². The highest BCUT2D eigenvalue weighted by molar-refractivity contribution is 5.31. The van der Waals surface area contributed by atoms with Crippen LogP contribution in [0.3, 0.4) is 0 Å². The van der Waals surface area contributed by atoms with Gasteiger partial charge in [-0.15, -0.1) is 0 Å². The molecule has 3 nitrogen and oxygen atoms in total. The minimum atomic E-state index is 0.240. The molecule has 20 heavy (non-hydrogen) atoms. The highest BCUT2D eigenvalue weighted by Crippen LogP contribution is 2.33. The maximum absolute atomic E-state index is 6.06. The van der Waals surface area contributed by atoms with E-state index in [1.54, 1.807) is 0 Å². The lowest BCUT2D eigenvalue weighted by Crippen LogP contribution is -2.38. The van der Waals surface area contributed by atoms with Gasteiger partial charge in [0.1, 0.15) is 0 Å². The lowest BCUT2D eigenvalue weighted by Gasteiger charge is -2.31. The van der Waals surface area contributed by atoms with Crippen molar-refractivity contribution in [3.63, 3.8) is 0 Å². The Morgan fingerprint density at radius 1 is 1.30 bits per heavy atom. The summed E-state index contributed by atoms with van der Waals surface area (Å²) in [7, 11) is 0. The number of rotatable bonds is 5. The zero-order chi connectivity index (χ0) is 13.8. The van der Waals surface area contributed by atoms with E-state index in [2.05, 4.69) is 36.5 Å². The fourth-order valence-electron chi connectivity index (χ4n) is 3.48. The number of fused-ring (bicyclic) bond motifs is 1. The van der Waals surface area contributed by atoms with Gasteiger partial charge < -0.3 is 14.8 Å². The zero-order valence-corrected chi connectivity index (χ0v) is 12.3. The van der Waals surface area contributed by atoms with Crippen LogP contribution >= 0.6 is 0 Å². The Morgan fingerprint density at radius 2 is 2.20 bits per heavy atom. The summed E-state index contributed by atoms with van der Waals surface area (Å²) in [6, 6.07) is 9.23. The monoisotopic (exact) mass is 275 g/mol. The van der Waals surface area contributed by atoms with Crippen LogP contribution in [-0.4, -0.2) is 32.4 Å². The predicted octanol–water partition coefficient (Wildman–Crippen LogP) is 2.71. The number of benzene rings is 1. The molecule has 0 saturated carbocycles. The Balaban J connectivity index is 1.72. The number of hydrogen-bond donors (Lipinski definition) is 1. The standard InChI is InChI=1S/C17H25NO2/c1-2-18-16(14-7-9-19-12-14)11-17-15-6-4-3-5-13(15)8-10-20-17/h3-6,14,16-18H,2,7-12H2,1H3. The molecule has 3 unspecified atom stereocenters. The molecule has 3 heteroatoms. The van der Waals surface area contributed by atoms with Crippen molar-refractivity contribution in [3.05, 3.63) is 35.4 Å². The van der Waals surface area contributed by atoms with Crippen molar-refractivity contribution < 1.29 is 9.47 Å². The number of nitrogens with one attached hydrogen (secondary N) is 1. The summed E-state index contributed by atoms with van der Waals surface area (Å²) in [4.78, 5) is 0. The quantitative estimate of drug-likeness (QED) is 0.896. The van der Waals surface area contributed by atoms with Crippen LogP contribution < -0.4 is 5.32 Å². The van der Waals surface area contributed by atoms with Gasteiger partial charge in [-0.1, -0.05) is 31.2 Å². The third-order valence-corrected chi connectivity index (χ3v) is 4.56. The molecule has 0 spiro atoms. The van der Waals surface area contributed by atoms with E-state index in [1.165, 1.54) is 17.5 Å². The fraction of sp³-hybridized carbons (Fsp3) is 0.647. The van der Waals surface area contributed by atoms with Crippen LogP contribution in [0, 0.1) is 5.92 Å². The molecule has 0 radical (unpaired) electrons. The second-order valence-electron chi connectivity index (χ2n) is 5.83. The highest BCUT2D eigenvalue weighted by atomic mass is 16.5. The summed E-state index contributed by atoms with van der Waals surface area (Å²) >= 11 is 0. The van der Waals surface area contributed by atoms with Gasteiger partial charge in [-0.25, -0.2) is 0 Å². The first-order valence-electron chi connectivity index (χ1n) is 7.89. The maximum atomic E-state index is 6.06. The van der Waals surface area contributed by atoms with Crippen molar-refractivity contribution >= 4 is 0 Å². The molecule has 2 heterocycles. The van der Waals surface area contributed by atoms with E-state index < -0.39 is 0 Å². The highest BCUT2D eigenvalue weighted by Gasteiger charge is 2.30. The lowest BCUT2D eigenvalue weighted by atomic mass is 9.88. The first-order valence-corrected chi connectivity index (χ1v) is 7.89. The van der Waals surface area contributed by atoms with Crippen LogP contribution in [-0.2, 0) is 15.9 Å². The zero-order valence-electron chi connectivity index (χ0n) is 12.3. The molecule has 1 fully saturated rings. The SMILES string of the molecule is CCNC(CC1OCCc2ccccc21)C1CCOC1. The van der Waals surface area contributed by atoms with Crippen LogP contribution in [0.25, 0.3) is 0 Å². The third-order valence-electron chi connectivity index (χ3n) is 4.56. The Kier molecular flexibility index (Phi) is 4.71. The maximum Gasteiger partial charge on any atom is 0.0842 e. The second-order valence-corrected chi connectivity index (χ2v) is 5.83. The molecule has 1 aromatic carbocycles. The molecule has 0 aromatic heterocycles. The van der Waals surface area contributed by atoms with E-state index >= 15 is 0 Å². The summed E-state index contributed by atoms with van der Waals surface area (Å²) < 4.78 is 11.6. The molecule has 110 valence electrons. The molecule has 3 atom stereocenters. The summed E-state index contributed by atoms with van der Waals surface area (Å²) in [5, 5.41) is 3.64. The van der Waals surface area contributed by atoms with Gasteiger partial charge in [0, 0.05) is 12.6 Å². The van der Waals surface area contributed by atoms with Gasteiger partial charge in [0.25, 0.3) is 0 Å². The van der Waals surface area contributed by atoms with Crippen LogP contribution in [0.4, 0.5) is 0 Å². The Labute approximate surface area is 121 Å². The van der Waals surface area contributed by atoms with Gasteiger partial charge in [-0.3, -0.25) is 0 Å². The molecular weight excluding hydrogens is 250 g/mol. The first-order chi connectivity index (χ1) is 9.88. The van der Waals surface area contributed by atoms with Gasteiger partial charge in [0.05, 0.1) is 19.3 Å². The van der Waals surface area contributed by atoms with Crippen molar-refractivity contribution in [1.29, 1.82) is 0 Å². The third kappa shape index (κ3) is 3.05. The second kappa shape index (κ2) is 6.70. The summed E-state index contributed by atoms with van der Waals surface area (Å²) in [5.74, 6) is 0.632. The predicted molar refractivity (Wildman–Crippen MR) is 79.8 cm³/mol. The molecule has 0 aliphatic carbocycles. The van der Waals surface area contributed by atoms with Crippen molar-refractivity contribution in [2.45, 2.75) is 38.3 Å². The van der Waals surface area contributed by atoms with E-state index in [4.69, 9.17) is 9.47 Å². The average molecular weight is 275 g/mol. The molecular formula is C17H25NO2. The Morgan fingerprint density at radius 3 is 3.00 bits per heavy atom. The first kappa shape index (κ1) is 14.1. The Bertz CT molecular complexity index is 429. The fourth-order valence-corrected chi connectivity index (χ4v) is 3.48. The van der Waals surface area contributed by atoms with Crippen LogP contribution in [0.1, 0.15) is 37.0 Å².